The number of ether oxygens (including phenoxy) is 2. The maximum absolute atomic E-state index is 12.7. The Kier molecular flexibility index (Phi) is 5.99. The number of anilines is 2. The van der Waals surface area contributed by atoms with Gasteiger partial charge in [0, 0.05) is 23.7 Å². The Morgan fingerprint density at radius 3 is 2.52 bits per heavy atom. The van der Waals surface area contributed by atoms with Gasteiger partial charge in [0.1, 0.15) is 5.75 Å². The minimum Gasteiger partial charge on any atom is -0.478 e. The summed E-state index contributed by atoms with van der Waals surface area (Å²) >= 11 is 6.01. The molecule has 10 heteroatoms. The van der Waals surface area contributed by atoms with E-state index in [4.69, 9.17) is 16.3 Å². The normalized spacial score (nSPS) is 16.2. The lowest BCUT2D eigenvalue weighted by Crippen LogP contribution is -2.35. The molecule has 0 fully saturated rings. The maximum Gasteiger partial charge on any atom is 0.337 e. The van der Waals surface area contributed by atoms with E-state index in [0.717, 1.165) is 6.26 Å². The Hall–Kier alpha value is -2.78. The molecule has 2 aromatic carbocycles. The number of nitrogens with zero attached hydrogens (tertiary/aromatic N) is 1. The summed E-state index contributed by atoms with van der Waals surface area (Å²) in [5.74, 6) is -0.670. The van der Waals surface area contributed by atoms with Gasteiger partial charge in [0.2, 0.25) is 10.0 Å². The third-order valence-electron chi connectivity index (χ3n) is 4.32. The Labute approximate surface area is 173 Å². The first-order valence-corrected chi connectivity index (χ1v) is 10.8. The molecule has 1 aliphatic rings. The predicted molar refractivity (Wildman–Crippen MR) is 109 cm³/mol. The number of methoxy groups -OCH3 is 1. The van der Waals surface area contributed by atoms with E-state index in [0.29, 0.717) is 16.3 Å². The number of halogens is 1. The van der Waals surface area contributed by atoms with Crippen LogP contribution in [0.15, 0.2) is 42.5 Å². The Bertz CT molecular complexity index is 1040. The van der Waals surface area contributed by atoms with Gasteiger partial charge in [0.25, 0.3) is 5.91 Å². The number of nitrogens with one attached hydrogen (secondary N) is 1. The largest absolute Gasteiger partial charge is 0.478 e. The van der Waals surface area contributed by atoms with Crippen LogP contribution in [0.4, 0.5) is 11.4 Å². The molecule has 0 radical (unpaired) electrons. The average molecular weight is 439 g/mol. The number of hydrogen-bond acceptors (Lipinski definition) is 6. The summed E-state index contributed by atoms with van der Waals surface area (Å²) < 4.78 is 36.0. The summed E-state index contributed by atoms with van der Waals surface area (Å²) in [6, 6.07) is 10.8. The van der Waals surface area contributed by atoms with Gasteiger partial charge < -0.3 is 14.8 Å². The summed E-state index contributed by atoms with van der Waals surface area (Å²) in [6.45, 7) is 0.0611. The fourth-order valence-electron chi connectivity index (χ4n) is 2.91. The quantitative estimate of drug-likeness (QED) is 0.736. The molecule has 1 atom stereocenters. The first-order chi connectivity index (χ1) is 13.7. The highest BCUT2D eigenvalue weighted by molar-refractivity contribution is 7.92. The van der Waals surface area contributed by atoms with Crippen molar-refractivity contribution in [2.45, 2.75) is 12.5 Å². The lowest BCUT2D eigenvalue weighted by atomic mass is 10.2. The number of fused-ring (bicyclic) bond motifs is 1. The molecule has 1 heterocycles. The number of rotatable bonds is 4. The number of benzene rings is 2. The zero-order chi connectivity index (χ0) is 21.2. The highest BCUT2D eigenvalue weighted by Crippen LogP contribution is 2.36. The second kappa shape index (κ2) is 8.30. The van der Waals surface area contributed by atoms with E-state index < -0.39 is 28.0 Å². The van der Waals surface area contributed by atoms with Crippen LogP contribution in [0.2, 0.25) is 5.02 Å². The van der Waals surface area contributed by atoms with Crippen molar-refractivity contribution >= 4 is 44.9 Å². The lowest BCUT2D eigenvalue weighted by Gasteiger charge is -2.21. The molecule has 1 N–H and O–H groups in total. The van der Waals surface area contributed by atoms with Crippen molar-refractivity contribution in [2.75, 3.05) is 29.5 Å². The van der Waals surface area contributed by atoms with Crippen LogP contribution in [0.25, 0.3) is 0 Å². The van der Waals surface area contributed by atoms with Crippen LogP contribution in [0, 0.1) is 0 Å². The van der Waals surface area contributed by atoms with Gasteiger partial charge in [-0.05, 0) is 42.5 Å². The van der Waals surface area contributed by atoms with Crippen molar-refractivity contribution in [3.63, 3.8) is 0 Å². The third kappa shape index (κ3) is 4.80. The molecule has 1 aliphatic heterocycles. The van der Waals surface area contributed by atoms with Crippen molar-refractivity contribution in [1.82, 2.24) is 0 Å². The van der Waals surface area contributed by atoms with Crippen molar-refractivity contribution in [3.05, 3.63) is 53.1 Å². The Balaban J connectivity index is 1.80. The second-order valence-electron chi connectivity index (χ2n) is 6.40. The summed E-state index contributed by atoms with van der Waals surface area (Å²) in [7, 11) is -2.30. The topological polar surface area (TPSA) is 102 Å². The summed E-state index contributed by atoms with van der Waals surface area (Å²) in [6.07, 6.45) is 0.314. The first kappa shape index (κ1) is 20.9. The maximum atomic E-state index is 12.7. The number of carbonyl (C=O) groups excluding carboxylic acids is 2. The van der Waals surface area contributed by atoms with Crippen LogP contribution in [0.5, 0.6) is 5.75 Å². The zero-order valence-corrected chi connectivity index (χ0v) is 17.3. The summed E-state index contributed by atoms with van der Waals surface area (Å²) in [5.41, 5.74) is 1.11. The fraction of sp³-hybridized carbons (Fsp3) is 0.263. The zero-order valence-electron chi connectivity index (χ0n) is 15.7. The van der Waals surface area contributed by atoms with E-state index in [2.05, 4.69) is 10.1 Å². The summed E-state index contributed by atoms with van der Waals surface area (Å²) in [5, 5.41) is 3.07. The highest BCUT2D eigenvalue weighted by Gasteiger charge is 2.31. The molecule has 1 unspecified atom stereocenters. The van der Waals surface area contributed by atoms with Gasteiger partial charge in [-0.2, -0.15) is 0 Å². The van der Waals surface area contributed by atoms with Crippen LogP contribution in [0.1, 0.15) is 16.8 Å². The number of sulfonamides is 1. The van der Waals surface area contributed by atoms with Gasteiger partial charge in [-0.25, -0.2) is 13.2 Å². The molecule has 0 spiro atoms. The van der Waals surface area contributed by atoms with Crippen LogP contribution in [0.3, 0.4) is 0 Å². The number of esters is 1. The molecule has 0 aliphatic carbocycles. The van der Waals surface area contributed by atoms with Gasteiger partial charge in [-0.15, -0.1) is 0 Å². The molecular weight excluding hydrogens is 420 g/mol. The predicted octanol–water partition coefficient (Wildman–Crippen LogP) is 2.68. The minimum atomic E-state index is -3.58. The van der Waals surface area contributed by atoms with Crippen molar-refractivity contribution < 1.29 is 27.5 Å². The van der Waals surface area contributed by atoms with Crippen molar-refractivity contribution in [3.8, 4) is 5.75 Å². The molecule has 2 aromatic rings. The van der Waals surface area contributed by atoms with Gasteiger partial charge in [0.15, 0.2) is 6.10 Å². The number of carbonyl (C=O) groups is 2. The molecule has 3 rings (SSSR count). The number of amides is 1. The Morgan fingerprint density at radius 1 is 1.21 bits per heavy atom. The van der Waals surface area contributed by atoms with Crippen molar-refractivity contribution in [1.29, 1.82) is 0 Å². The van der Waals surface area contributed by atoms with E-state index in [1.165, 1.54) is 35.7 Å². The molecule has 0 bridgehead atoms. The monoisotopic (exact) mass is 438 g/mol. The van der Waals surface area contributed by atoms with Crippen molar-refractivity contribution in [2.24, 2.45) is 0 Å². The molecule has 0 aromatic heterocycles. The van der Waals surface area contributed by atoms with E-state index >= 15 is 0 Å². The van der Waals surface area contributed by atoms with Crippen LogP contribution in [-0.4, -0.2) is 46.3 Å². The minimum absolute atomic E-state index is 0.0611. The Morgan fingerprint density at radius 2 is 1.90 bits per heavy atom. The summed E-state index contributed by atoms with van der Waals surface area (Å²) in [4.78, 5) is 24.2. The molecule has 0 saturated carbocycles. The van der Waals surface area contributed by atoms with Crippen LogP contribution in [-0.2, 0) is 19.6 Å². The SMILES string of the molecule is COC(=O)c1ccc(NC(=O)C2CCN(S(C)(=O)=O)c3cc(Cl)ccc3O2)cc1. The average Bonchev–Trinajstić information content (AvgIpc) is 2.87. The van der Waals surface area contributed by atoms with Crippen LogP contribution >= 0.6 is 11.6 Å². The van der Waals surface area contributed by atoms with Gasteiger partial charge in [-0.3, -0.25) is 9.10 Å². The fourth-order valence-corrected chi connectivity index (χ4v) is 4.01. The molecule has 8 nitrogen and oxygen atoms in total. The lowest BCUT2D eigenvalue weighted by molar-refractivity contribution is -0.122. The van der Waals surface area contributed by atoms with Crippen LogP contribution < -0.4 is 14.4 Å². The molecule has 154 valence electrons. The molecular formula is C19H19ClN2O6S. The van der Waals surface area contributed by atoms with E-state index in [-0.39, 0.29) is 24.4 Å². The van der Waals surface area contributed by atoms with E-state index in [1.54, 1.807) is 18.2 Å². The number of hydrogen-bond donors (Lipinski definition) is 1. The highest BCUT2D eigenvalue weighted by atomic mass is 35.5. The third-order valence-corrected chi connectivity index (χ3v) is 5.73. The molecule has 0 saturated heterocycles. The van der Waals surface area contributed by atoms with Gasteiger partial charge in [-0.1, -0.05) is 11.6 Å². The van der Waals surface area contributed by atoms with Gasteiger partial charge in [0.05, 0.1) is 24.6 Å². The first-order valence-electron chi connectivity index (χ1n) is 8.62. The molecule has 29 heavy (non-hydrogen) atoms. The second-order valence-corrected chi connectivity index (χ2v) is 8.74. The standard InChI is InChI=1S/C19H19ClN2O6S/c1-27-19(24)12-3-6-14(7-4-12)21-18(23)17-9-10-22(29(2,25)26)15-11-13(20)5-8-16(15)28-17/h3-8,11,17H,9-10H2,1-2H3,(H,21,23). The smallest absolute Gasteiger partial charge is 0.337 e. The van der Waals surface area contributed by atoms with E-state index in [1.807, 2.05) is 0 Å². The van der Waals surface area contributed by atoms with Gasteiger partial charge >= 0.3 is 5.97 Å². The van der Waals surface area contributed by atoms with E-state index in [9.17, 15) is 18.0 Å². The molecule has 1 amide bonds.